The maximum atomic E-state index is 11.4. The van der Waals surface area contributed by atoms with E-state index in [1.807, 2.05) is 0 Å². The Morgan fingerprint density at radius 2 is 2.23 bits per heavy atom. The fraction of sp³-hybridized carbons (Fsp3) is 0.200. The van der Waals surface area contributed by atoms with Crippen LogP contribution in [0.5, 0.6) is 0 Å². The van der Waals surface area contributed by atoms with E-state index >= 15 is 0 Å². The second-order valence-electron chi connectivity index (χ2n) is 2.64. The molecule has 0 N–H and O–H groups in total. The number of hydrogen-bond acceptors (Lipinski definition) is 3. The van der Waals surface area contributed by atoms with Crippen molar-refractivity contribution in [2.75, 3.05) is 0 Å². The predicted octanol–water partition coefficient (Wildman–Crippen LogP) is 2.38. The molecule has 1 rings (SSSR count). The van der Waals surface area contributed by atoms with Gasteiger partial charge in [-0.3, -0.25) is 9.59 Å². The van der Waals surface area contributed by atoms with Gasteiger partial charge in [0.15, 0.2) is 12.1 Å². The molecule has 0 spiro atoms. The Morgan fingerprint density at radius 1 is 1.54 bits per heavy atom. The van der Waals surface area contributed by atoms with E-state index in [-0.39, 0.29) is 5.78 Å². The van der Waals surface area contributed by atoms with E-state index in [0.717, 1.165) is 0 Å². The van der Waals surface area contributed by atoms with Gasteiger partial charge in [-0.1, -0.05) is 19.1 Å². The van der Waals surface area contributed by atoms with Crippen LogP contribution in [0, 0.1) is 0 Å². The molecule has 2 nitrogen and oxygen atoms in total. The standard InChI is InChI=1S/C10H10O2S/c1-2-8(12)10-7(6-11)4-3-5-9(10)13/h3-6,13H,2H2,1H3. The molecule has 13 heavy (non-hydrogen) atoms. The van der Waals surface area contributed by atoms with Gasteiger partial charge in [-0.25, -0.2) is 0 Å². The quantitative estimate of drug-likeness (QED) is 0.455. The van der Waals surface area contributed by atoms with Crippen molar-refractivity contribution in [3.05, 3.63) is 29.3 Å². The molecule has 1 aromatic rings. The van der Waals surface area contributed by atoms with Crippen LogP contribution < -0.4 is 0 Å². The molecule has 0 unspecified atom stereocenters. The van der Waals surface area contributed by atoms with Crippen LogP contribution in [-0.4, -0.2) is 12.1 Å². The van der Waals surface area contributed by atoms with Gasteiger partial charge in [0, 0.05) is 22.4 Å². The highest BCUT2D eigenvalue weighted by Crippen LogP contribution is 2.18. The summed E-state index contributed by atoms with van der Waals surface area (Å²) in [7, 11) is 0. The summed E-state index contributed by atoms with van der Waals surface area (Å²) in [6.07, 6.45) is 1.07. The van der Waals surface area contributed by atoms with E-state index in [9.17, 15) is 9.59 Å². The van der Waals surface area contributed by atoms with E-state index in [1.54, 1.807) is 25.1 Å². The first-order chi connectivity index (χ1) is 6.20. The molecule has 0 aliphatic carbocycles. The Morgan fingerprint density at radius 3 is 2.77 bits per heavy atom. The Labute approximate surface area is 82.4 Å². The SMILES string of the molecule is CCC(=O)c1c(S)cccc1C=O. The second-order valence-corrected chi connectivity index (χ2v) is 3.12. The Balaban J connectivity index is 3.30. The Kier molecular flexibility index (Phi) is 3.25. The highest BCUT2D eigenvalue weighted by Gasteiger charge is 2.11. The van der Waals surface area contributed by atoms with Gasteiger partial charge in [-0.2, -0.15) is 0 Å². The third-order valence-electron chi connectivity index (χ3n) is 1.80. The molecule has 0 amide bonds. The van der Waals surface area contributed by atoms with Crippen LogP contribution in [0.25, 0.3) is 0 Å². The van der Waals surface area contributed by atoms with Crippen LogP contribution in [0.1, 0.15) is 34.1 Å². The molecule has 0 atom stereocenters. The lowest BCUT2D eigenvalue weighted by Crippen LogP contribution is -2.03. The number of benzene rings is 1. The lowest BCUT2D eigenvalue weighted by Gasteiger charge is -2.04. The summed E-state index contributed by atoms with van der Waals surface area (Å²) in [5.41, 5.74) is 0.850. The third kappa shape index (κ3) is 1.98. The van der Waals surface area contributed by atoms with Crippen LogP contribution in [0.2, 0.25) is 0 Å². The second kappa shape index (κ2) is 4.23. The summed E-state index contributed by atoms with van der Waals surface area (Å²) in [4.78, 5) is 22.6. The van der Waals surface area contributed by atoms with Gasteiger partial charge in [0.2, 0.25) is 0 Å². The number of carbonyl (C=O) groups is 2. The van der Waals surface area contributed by atoms with Crippen molar-refractivity contribution in [2.24, 2.45) is 0 Å². The van der Waals surface area contributed by atoms with Crippen molar-refractivity contribution in [3.63, 3.8) is 0 Å². The number of Topliss-reactive ketones (excluding diaryl/α,β-unsaturated/α-hetero) is 1. The molecule has 0 radical (unpaired) electrons. The van der Waals surface area contributed by atoms with E-state index in [1.165, 1.54) is 0 Å². The molecular weight excluding hydrogens is 184 g/mol. The zero-order valence-electron chi connectivity index (χ0n) is 7.28. The van der Waals surface area contributed by atoms with Crippen LogP contribution in [0.15, 0.2) is 23.1 Å². The Bertz CT molecular complexity index is 345. The number of aldehydes is 1. The summed E-state index contributed by atoms with van der Waals surface area (Å²) in [5.74, 6) is -0.0484. The molecule has 0 aliphatic heterocycles. The topological polar surface area (TPSA) is 34.1 Å². The maximum absolute atomic E-state index is 11.4. The van der Waals surface area contributed by atoms with E-state index in [4.69, 9.17) is 0 Å². The van der Waals surface area contributed by atoms with Gasteiger partial charge in [0.1, 0.15) is 0 Å². The summed E-state index contributed by atoms with van der Waals surface area (Å²) >= 11 is 4.14. The first-order valence-electron chi connectivity index (χ1n) is 4.01. The summed E-state index contributed by atoms with van der Waals surface area (Å²) in [6.45, 7) is 1.76. The van der Waals surface area contributed by atoms with Gasteiger partial charge in [0.05, 0.1) is 0 Å². The number of hydrogen-bond donors (Lipinski definition) is 1. The molecule has 0 saturated carbocycles. The van der Waals surface area contributed by atoms with Crippen LogP contribution in [0.3, 0.4) is 0 Å². The van der Waals surface area contributed by atoms with Gasteiger partial charge in [-0.05, 0) is 6.07 Å². The monoisotopic (exact) mass is 194 g/mol. The van der Waals surface area contributed by atoms with Gasteiger partial charge in [-0.15, -0.1) is 12.6 Å². The highest BCUT2D eigenvalue weighted by molar-refractivity contribution is 7.80. The first-order valence-corrected chi connectivity index (χ1v) is 4.45. The van der Waals surface area contributed by atoms with Crippen molar-refractivity contribution < 1.29 is 9.59 Å². The molecule has 0 heterocycles. The van der Waals surface area contributed by atoms with Crippen LogP contribution >= 0.6 is 12.6 Å². The molecule has 0 saturated heterocycles. The molecule has 0 fully saturated rings. The molecule has 3 heteroatoms. The molecular formula is C10H10O2S. The zero-order valence-corrected chi connectivity index (χ0v) is 8.17. The summed E-state index contributed by atoms with van der Waals surface area (Å²) in [5, 5.41) is 0. The van der Waals surface area contributed by atoms with Gasteiger partial charge < -0.3 is 0 Å². The average Bonchev–Trinajstić information content (AvgIpc) is 2.16. The molecule has 1 aromatic carbocycles. The van der Waals surface area contributed by atoms with Gasteiger partial charge >= 0.3 is 0 Å². The molecule has 0 bridgehead atoms. The van der Waals surface area contributed by atoms with Gasteiger partial charge in [0.25, 0.3) is 0 Å². The van der Waals surface area contributed by atoms with Crippen molar-refractivity contribution in [1.82, 2.24) is 0 Å². The molecule has 68 valence electrons. The smallest absolute Gasteiger partial charge is 0.164 e. The maximum Gasteiger partial charge on any atom is 0.164 e. The fourth-order valence-electron chi connectivity index (χ4n) is 1.14. The third-order valence-corrected chi connectivity index (χ3v) is 2.17. The number of thiol groups is 1. The minimum atomic E-state index is -0.0484. The van der Waals surface area contributed by atoms with Crippen molar-refractivity contribution in [1.29, 1.82) is 0 Å². The Hall–Kier alpha value is -1.09. The van der Waals surface area contributed by atoms with Crippen molar-refractivity contribution in [2.45, 2.75) is 18.2 Å². The van der Waals surface area contributed by atoms with E-state index in [2.05, 4.69) is 12.6 Å². The first kappa shape index (κ1) is 9.99. The number of rotatable bonds is 3. The van der Waals surface area contributed by atoms with E-state index in [0.29, 0.717) is 28.7 Å². The zero-order chi connectivity index (χ0) is 9.84. The lowest BCUT2D eigenvalue weighted by atomic mass is 10.0. The van der Waals surface area contributed by atoms with Crippen molar-refractivity contribution >= 4 is 24.7 Å². The van der Waals surface area contributed by atoms with Crippen LogP contribution in [0.4, 0.5) is 0 Å². The fourth-order valence-corrected chi connectivity index (χ4v) is 1.48. The number of carbonyl (C=O) groups excluding carboxylic acids is 2. The minimum absolute atomic E-state index is 0.0484. The normalized spacial score (nSPS) is 9.69. The van der Waals surface area contributed by atoms with E-state index < -0.39 is 0 Å². The predicted molar refractivity (Wildman–Crippen MR) is 53.7 cm³/mol. The minimum Gasteiger partial charge on any atom is -0.298 e. The molecule has 0 aliphatic rings. The largest absolute Gasteiger partial charge is 0.298 e. The summed E-state index contributed by atoms with van der Waals surface area (Å²) in [6, 6.07) is 5.03. The van der Waals surface area contributed by atoms with Crippen molar-refractivity contribution in [3.8, 4) is 0 Å². The van der Waals surface area contributed by atoms with Crippen LogP contribution in [-0.2, 0) is 0 Å². The highest BCUT2D eigenvalue weighted by atomic mass is 32.1. The average molecular weight is 194 g/mol. The molecule has 0 aromatic heterocycles. The lowest BCUT2D eigenvalue weighted by molar-refractivity contribution is 0.0978. The summed E-state index contributed by atoms with van der Waals surface area (Å²) < 4.78 is 0. The number of ketones is 1.